The molecule has 0 aliphatic heterocycles. The third kappa shape index (κ3) is 5.55. The minimum absolute atomic E-state index is 0.161. The van der Waals surface area contributed by atoms with Gasteiger partial charge in [0.15, 0.2) is 9.84 Å². The Hall–Kier alpha value is -0.0900. The van der Waals surface area contributed by atoms with Crippen LogP contribution in [0.15, 0.2) is 0 Å². The normalized spacial score (nSPS) is 28.8. The molecule has 0 saturated heterocycles. The Labute approximate surface area is 132 Å². The van der Waals surface area contributed by atoms with E-state index in [2.05, 4.69) is 39.9 Å². The Kier molecular flexibility index (Phi) is 7.69. The molecule has 1 saturated carbocycles. The van der Waals surface area contributed by atoms with E-state index < -0.39 is 9.84 Å². The summed E-state index contributed by atoms with van der Waals surface area (Å²) in [4.78, 5) is 0. The van der Waals surface area contributed by atoms with Gasteiger partial charge in [0.1, 0.15) is 0 Å². The molecule has 4 atom stereocenters. The summed E-state index contributed by atoms with van der Waals surface area (Å²) in [6, 6.07) is 0.161. The summed E-state index contributed by atoms with van der Waals surface area (Å²) in [5, 5.41) is 3.32. The van der Waals surface area contributed by atoms with Gasteiger partial charge in [0, 0.05) is 6.04 Å². The molecule has 0 aromatic rings. The standard InChI is InChI=1S/C17H35NO2S/c1-6-10-18-16-9-8-15(13(3)4)11-17(16)21(19,20)12-14(5)7-2/h13-18H,6-12H2,1-5H3. The predicted octanol–water partition coefficient (Wildman–Crippen LogP) is 3.64. The fraction of sp³-hybridized carbons (Fsp3) is 1.00. The molecule has 126 valence electrons. The zero-order valence-corrected chi connectivity index (χ0v) is 15.4. The second-order valence-electron chi connectivity index (χ2n) is 7.26. The molecule has 0 aromatic carbocycles. The highest BCUT2D eigenvalue weighted by atomic mass is 32.2. The summed E-state index contributed by atoms with van der Waals surface area (Å²) in [6.07, 6.45) is 5.01. The maximum Gasteiger partial charge on any atom is 0.154 e. The topological polar surface area (TPSA) is 46.2 Å². The van der Waals surface area contributed by atoms with E-state index in [0.717, 1.165) is 38.6 Å². The molecule has 1 aliphatic carbocycles. The van der Waals surface area contributed by atoms with Gasteiger partial charge in [0.2, 0.25) is 0 Å². The monoisotopic (exact) mass is 317 g/mol. The molecular weight excluding hydrogens is 282 g/mol. The van der Waals surface area contributed by atoms with E-state index in [4.69, 9.17) is 0 Å². The average molecular weight is 318 g/mol. The first-order chi connectivity index (χ1) is 9.81. The van der Waals surface area contributed by atoms with Crippen LogP contribution in [0, 0.1) is 17.8 Å². The van der Waals surface area contributed by atoms with Crippen molar-refractivity contribution in [3.05, 3.63) is 0 Å². The van der Waals surface area contributed by atoms with Gasteiger partial charge in [-0.25, -0.2) is 8.42 Å². The molecular formula is C17H35NO2S. The Morgan fingerprint density at radius 1 is 1.14 bits per heavy atom. The first kappa shape index (κ1) is 19.0. The van der Waals surface area contributed by atoms with Crippen LogP contribution in [0.3, 0.4) is 0 Å². The molecule has 1 N–H and O–H groups in total. The fourth-order valence-electron chi connectivity index (χ4n) is 3.36. The Balaban J connectivity index is 2.86. The van der Waals surface area contributed by atoms with E-state index in [1.165, 1.54) is 0 Å². The van der Waals surface area contributed by atoms with Gasteiger partial charge in [-0.15, -0.1) is 0 Å². The highest BCUT2D eigenvalue weighted by Crippen LogP contribution is 2.34. The second kappa shape index (κ2) is 8.52. The van der Waals surface area contributed by atoms with Crippen molar-refractivity contribution < 1.29 is 8.42 Å². The van der Waals surface area contributed by atoms with Crippen LogP contribution in [0.1, 0.15) is 66.7 Å². The Bertz CT molecular complexity index is 392. The van der Waals surface area contributed by atoms with Crippen LogP contribution in [-0.2, 0) is 9.84 Å². The molecule has 1 aliphatic rings. The SMILES string of the molecule is CCCNC1CCC(C(C)C)CC1S(=O)(=O)CC(C)CC. The van der Waals surface area contributed by atoms with Crippen molar-refractivity contribution in [2.45, 2.75) is 78.0 Å². The van der Waals surface area contributed by atoms with Gasteiger partial charge in [-0.05, 0) is 50.0 Å². The summed E-state index contributed by atoms with van der Waals surface area (Å²) in [5.41, 5.74) is 0. The van der Waals surface area contributed by atoms with E-state index in [-0.39, 0.29) is 17.2 Å². The molecule has 4 unspecified atom stereocenters. The minimum Gasteiger partial charge on any atom is -0.313 e. The van der Waals surface area contributed by atoms with Crippen molar-refractivity contribution in [2.75, 3.05) is 12.3 Å². The molecule has 3 nitrogen and oxygen atoms in total. The van der Waals surface area contributed by atoms with Crippen LogP contribution in [0.4, 0.5) is 0 Å². The van der Waals surface area contributed by atoms with Crippen molar-refractivity contribution in [3.63, 3.8) is 0 Å². The highest BCUT2D eigenvalue weighted by Gasteiger charge is 2.39. The highest BCUT2D eigenvalue weighted by molar-refractivity contribution is 7.92. The van der Waals surface area contributed by atoms with Crippen LogP contribution in [0.25, 0.3) is 0 Å². The third-order valence-corrected chi connectivity index (χ3v) is 7.58. The third-order valence-electron chi connectivity index (χ3n) is 5.11. The number of nitrogens with one attached hydrogen (secondary N) is 1. The van der Waals surface area contributed by atoms with Gasteiger partial charge < -0.3 is 5.32 Å². The summed E-state index contributed by atoms with van der Waals surface area (Å²) in [6.45, 7) is 11.6. The van der Waals surface area contributed by atoms with Crippen LogP contribution < -0.4 is 5.32 Å². The average Bonchev–Trinajstić information content (AvgIpc) is 2.44. The zero-order chi connectivity index (χ0) is 16.0. The van der Waals surface area contributed by atoms with Gasteiger partial charge in [-0.2, -0.15) is 0 Å². The van der Waals surface area contributed by atoms with E-state index in [1.807, 2.05) is 0 Å². The second-order valence-corrected chi connectivity index (χ2v) is 9.52. The number of sulfone groups is 1. The summed E-state index contributed by atoms with van der Waals surface area (Å²) in [5.74, 6) is 1.75. The summed E-state index contributed by atoms with van der Waals surface area (Å²) >= 11 is 0. The minimum atomic E-state index is -3.00. The molecule has 4 heteroatoms. The number of rotatable bonds is 8. The molecule has 0 heterocycles. The van der Waals surface area contributed by atoms with E-state index in [9.17, 15) is 8.42 Å². The molecule has 21 heavy (non-hydrogen) atoms. The maximum absolute atomic E-state index is 12.9. The Morgan fingerprint density at radius 3 is 2.33 bits per heavy atom. The van der Waals surface area contributed by atoms with Gasteiger partial charge in [0.05, 0.1) is 11.0 Å². The molecule has 0 bridgehead atoms. The van der Waals surface area contributed by atoms with E-state index in [1.54, 1.807) is 0 Å². The lowest BCUT2D eigenvalue weighted by molar-refractivity contribution is 0.240. The lowest BCUT2D eigenvalue weighted by atomic mass is 9.79. The molecule has 1 fully saturated rings. The van der Waals surface area contributed by atoms with E-state index >= 15 is 0 Å². The van der Waals surface area contributed by atoms with Crippen LogP contribution in [-0.4, -0.2) is 32.0 Å². The first-order valence-corrected chi connectivity index (χ1v) is 10.5. The smallest absolute Gasteiger partial charge is 0.154 e. The molecule has 0 amide bonds. The van der Waals surface area contributed by atoms with Gasteiger partial charge in [0.25, 0.3) is 0 Å². The fourth-order valence-corrected chi connectivity index (χ4v) is 5.91. The van der Waals surface area contributed by atoms with Crippen molar-refractivity contribution >= 4 is 9.84 Å². The van der Waals surface area contributed by atoms with Crippen LogP contribution in [0.5, 0.6) is 0 Å². The van der Waals surface area contributed by atoms with E-state index in [0.29, 0.717) is 17.6 Å². The van der Waals surface area contributed by atoms with Crippen LogP contribution >= 0.6 is 0 Å². The summed E-state index contributed by atoms with van der Waals surface area (Å²) < 4.78 is 25.7. The van der Waals surface area contributed by atoms with Crippen LogP contribution in [0.2, 0.25) is 0 Å². The zero-order valence-electron chi connectivity index (χ0n) is 14.6. The molecule has 0 radical (unpaired) electrons. The van der Waals surface area contributed by atoms with Gasteiger partial charge >= 0.3 is 0 Å². The molecule has 0 spiro atoms. The number of hydrogen-bond donors (Lipinski definition) is 1. The molecule has 1 rings (SSSR count). The van der Waals surface area contributed by atoms with Crippen molar-refractivity contribution in [1.29, 1.82) is 0 Å². The largest absolute Gasteiger partial charge is 0.313 e. The first-order valence-electron chi connectivity index (χ1n) is 8.76. The number of hydrogen-bond acceptors (Lipinski definition) is 3. The van der Waals surface area contributed by atoms with Gasteiger partial charge in [-0.1, -0.05) is 41.0 Å². The lowest BCUT2D eigenvalue weighted by Gasteiger charge is -2.38. The van der Waals surface area contributed by atoms with Gasteiger partial charge in [-0.3, -0.25) is 0 Å². The predicted molar refractivity (Wildman–Crippen MR) is 91.3 cm³/mol. The Morgan fingerprint density at radius 2 is 1.81 bits per heavy atom. The maximum atomic E-state index is 12.9. The lowest BCUT2D eigenvalue weighted by Crippen LogP contribution is -2.50. The van der Waals surface area contributed by atoms with Crippen molar-refractivity contribution in [2.24, 2.45) is 17.8 Å². The molecule has 0 aromatic heterocycles. The summed E-state index contributed by atoms with van der Waals surface area (Å²) in [7, 11) is -3.00. The van der Waals surface area contributed by atoms with Crippen molar-refractivity contribution in [1.82, 2.24) is 5.32 Å². The van der Waals surface area contributed by atoms with Crippen molar-refractivity contribution in [3.8, 4) is 0 Å². The quantitative estimate of drug-likeness (QED) is 0.743.